The van der Waals surface area contributed by atoms with Crippen molar-refractivity contribution in [2.75, 3.05) is 6.54 Å². The minimum Gasteiger partial charge on any atom is -0.318 e. The maximum Gasteiger partial charge on any atom is 0.266 e. The van der Waals surface area contributed by atoms with E-state index in [4.69, 9.17) is 23.2 Å². The number of hydrogen-bond acceptors (Lipinski definition) is 4. The maximum absolute atomic E-state index is 13.1. The van der Waals surface area contributed by atoms with E-state index in [-0.39, 0.29) is 4.90 Å². The monoisotopic (exact) mass is 483 g/mol. The molecule has 1 saturated heterocycles. The molecule has 2 aromatic carbocycles. The molecule has 158 valence electrons. The SMILES string of the molecule is Cc1ccc(S(=O)(=O)N2CCCC2C(=O)N=c2sc3c(Cl)ccc(Cl)c3n2C)cc1. The van der Waals surface area contributed by atoms with Crippen molar-refractivity contribution in [1.82, 2.24) is 8.87 Å². The van der Waals surface area contributed by atoms with Crippen molar-refractivity contribution in [2.24, 2.45) is 12.0 Å². The number of sulfonamides is 1. The first kappa shape index (κ1) is 21.5. The second kappa shape index (κ2) is 8.09. The highest BCUT2D eigenvalue weighted by Gasteiger charge is 2.39. The summed E-state index contributed by atoms with van der Waals surface area (Å²) < 4.78 is 29.9. The van der Waals surface area contributed by atoms with Crippen molar-refractivity contribution < 1.29 is 13.2 Å². The molecule has 10 heteroatoms. The van der Waals surface area contributed by atoms with E-state index in [9.17, 15) is 13.2 Å². The van der Waals surface area contributed by atoms with Crippen molar-refractivity contribution in [3.8, 4) is 0 Å². The summed E-state index contributed by atoms with van der Waals surface area (Å²) in [5.41, 5.74) is 1.66. The van der Waals surface area contributed by atoms with Crippen LogP contribution in [0, 0.1) is 6.92 Å². The number of aryl methyl sites for hydroxylation is 2. The third-order valence-electron chi connectivity index (χ3n) is 5.17. The van der Waals surface area contributed by atoms with Gasteiger partial charge in [0.2, 0.25) is 10.0 Å². The van der Waals surface area contributed by atoms with E-state index in [0.717, 1.165) is 10.3 Å². The first-order chi connectivity index (χ1) is 14.2. The first-order valence-corrected chi connectivity index (χ1v) is 12.3. The normalized spacial score (nSPS) is 18.4. The highest BCUT2D eigenvalue weighted by molar-refractivity contribution is 7.89. The Morgan fingerprint density at radius 2 is 1.80 bits per heavy atom. The van der Waals surface area contributed by atoms with Crippen LogP contribution in [0.25, 0.3) is 10.2 Å². The van der Waals surface area contributed by atoms with E-state index < -0.39 is 22.0 Å². The zero-order valence-electron chi connectivity index (χ0n) is 16.3. The quantitative estimate of drug-likeness (QED) is 0.561. The van der Waals surface area contributed by atoms with Crippen LogP contribution in [0.15, 0.2) is 46.3 Å². The molecule has 0 saturated carbocycles. The molecule has 1 aromatic heterocycles. The number of aromatic nitrogens is 1. The molecule has 1 amide bonds. The van der Waals surface area contributed by atoms with Crippen LogP contribution < -0.4 is 4.80 Å². The summed E-state index contributed by atoms with van der Waals surface area (Å²) in [6.45, 7) is 2.18. The van der Waals surface area contributed by atoms with Gasteiger partial charge in [0.1, 0.15) is 6.04 Å². The lowest BCUT2D eigenvalue weighted by Gasteiger charge is -2.21. The third kappa shape index (κ3) is 3.71. The van der Waals surface area contributed by atoms with Crippen LogP contribution in [-0.2, 0) is 21.9 Å². The van der Waals surface area contributed by atoms with E-state index in [0.29, 0.717) is 39.7 Å². The molecule has 0 spiro atoms. The predicted molar refractivity (Wildman–Crippen MR) is 119 cm³/mol. The van der Waals surface area contributed by atoms with Gasteiger partial charge < -0.3 is 4.57 Å². The van der Waals surface area contributed by atoms with Crippen molar-refractivity contribution in [3.63, 3.8) is 0 Å². The maximum atomic E-state index is 13.1. The van der Waals surface area contributed by atoms with Crippen LogP contribution >= 0.6 is 34.5 Å². The van der Waals surface area contributed by atoms with Gasteiger partial charge in [0.25, 0.3) is 5.91 Å². The largest absolute Gasteiger partial charge is 0.318 e. The number of rotatable bonds is 3. The lowest BCUT2D eigenvalue weighted by Crippen LogP contribution is -2.40. The van der Waals surface area contributed by atoms with Crippen LogP contribution in [0.3, 0.4) is 0 Å². The van der Waals surface area contributed by atoms with Gasteiger partial charge in [-0.15, -0.1) is 0 Å². The van der Waals surface area contributed by atoms with E-state index in [1.807, 2.05) is 6.92 Å². The third-order valence-corrected chi connectivity index (χ3v) is 8.99. The van der Waals surface area contributed by atoms with Gasteiger partial charge in [-0.2, -0.15) is 9.30 Å². The Hall–Kier alpha value is -1.71. The number of thiazole rings is 1. The summed E-state index contributed by atoms with van der Waals surface area (Å²) in [6.07, 6.45) is 1.04. The molecule has 2 heterocycles. The molecule has 0 aliphatic carbocycles. The fourth-order valence-electron chi connectivity index (χ4n) is 3.57. The molecule has 0 bridgehead atoms. The summed E-state index contributed by atoms with van der Waals surface area (Å²) >= 11 is 13.8. The minimum absolute atomic E-state index is 0.179. The number of nitrogens with zero attached hydrogens (tertiary/aromatic N) is 3. The van der Waals surface area contributed by atoms with Crippen LogP contribution in [0.2, 0.25) is 10.0 Å². The first-order valence-electron chi connectivity index (χ1n) is 9.31. The van der Waals surface area contributed by atoms with Crippen molar-refractivity contribution >= 4 is 60.7 Å². The van der Waals surface area contributed by atoms with Gasteiger partial charge in [0.05, 0.1) is 25.2 Å². The Bertz CT molecular complexity index is 1310. The zero-order chi connectivity index (χ0) is 21.6. The number of carbonyl (C=O) groups is 1. The molecule has 1 aliphatic rings. The summed E-state index contributed by atoms with van der Waals surface area (Å²) in [6, 6.07) is 9.19. The van der Waals surface area contributed by atoms with Gasteiger partial charge in [0, 0.05) is 13.6 Å². The molecular formula is C20H19Cl2N3O3S2. The fraction of sp³-hybridized carbons (Fsp3) is 0.300. The molecule has 6 nitrogen and oxygen atoms in total. The standard InChI is InChI=1S/C20H19Cl2N3O3S2/c1-12-5-7-13(8-6-12)30(27,28)25-11-3-4-16(25)19(26)23-20-24(2)17-14(21)9-10-15(22)18(17)29-20/h5-10,16H,3-4,11H2,1-2H3. The number of carbonyl (C=O) groups excluding carboxylic acids is 1. The van der Waals surface area contributed by atoms with Crippen LogP contribution in [0.1, 0.15) is 18.4 Å². The second-order valence-electron chi connectivity index (χ2n) is 7.19. The number of amides is 1. The smallest absolute Gasteiger partial charge is 0.266 e. The number of benzene rings is 2. The Balaban J connectivity index is 1.72. The molecule has 3 aromatic rings. The number of fused-ring (bicyclic) bond motifs is 1. The number of halogens is 2. The number of hydrogen-bond donors (Lipinski definition) is 0. The van der Waals surface area contributed by atoms with Crippen molar-refractivity contribution in [2.45, 2.75) is 30.7 Å². The fourth-order valence-corrected chi connectivity index (χ4v) is 6.89. The Morgan fingerprint density at radius 3 is 2.47 bits per heavy atom. The highest BCUT2D eigenvalue weighted by atomic mass is 35.5. The zero-order valence-corrected chi connectivity index (χ0v) is 19.4. The van der Waals surface area contributed by atoms with Crippen LogP contribution in [0.4, 0.5) is 0 Å². The lowest BCUT2D eigenvalue weighted by molar-refractivity contribution is -0.121. The molecule has 1 fully saturated rings. The van der Waals surface area contributed by atoms with E-state index >= 15 is 0 Å². The molecule has 1 unspecified atom stereocenters. The van der Waals surface area contributed by atoms with Gasteiger partial charge in [-0.1, -0.05) is 52.2 Å². The summed E-state index contributed by atoms with van der Waals surface area (Å²) in [5, 5.41) is 1.03. The van der Waals surface area contributed by atoms with Gasteiger partial charge >= 0.3 is 0 Å². The molecule has 0 N–H and O–H groups in total. The topological polar surface area (TPSA) is 71.7 Å². The molecule has 1 atom stereocenters. The van der Waals surface area contributed by atoms with E-state index in [1.54, 1.807) is 48.0 Å². The lowest BCUT2D eigenvalue weighted by atomic mass is 10.2. The van der Waals surface area contributed by atoms with E-state index in [1.165, 1.54) is 15.6 Å². The average Bonchev–Trinajstić information content (AvgIpc) is 3.32. The Labute approximate surface area is 188 Å². The van der Waals surface area contributed by atoms with Gasteiger partial charge in [-0.05, 0) is 44.0 Å². The van der Waals surface area contributed by atoms with Crippen LogP contribution in [0.5, 0.6) is 0 Å². The van der Waals surface area contributed by atoms with Gasteiger partial charge in [0.15, 0.2) is 4.80 Å². The molecule has 1 aliphatic heterocycles. The molecular weight excluding hydrogens is 465 g/mol. The molecule has 30 heavy (non-hydrogen) atoms. The molecule has 4 rings (SSSR count). The molecule has 0 radical (unpaired) electrons. The predicted octanol–water partition coefficient (Wildman–Crippen LogP) is 4.14. The minimum atomic E-state index is -3.78. The summed E-state index contributed by atoms with van der Waals surface area (Å²) in [7, 11) is -2.03. The van der Waals surface area contributed by atoms with E-state index in [2.05, 4.69) is 4.99 Å². The van der Waals surface area contributed by atoms with Crippen molar-refractivity contribution in [3.05, 3.63) is 56.8 Å². The second-order valence-corrected chi connectivity index (χ2v) is 10.9. The Morgan fingerprint density at radius 1 is 1.13 bits per heavy atom. The summed E-state index contributed by atoms with van der Waals surface area (Å²) in [4.78, 5) is 17.9. The van der Waals surface area contributed by atoms with Crippen molar-refractivity contribution in [1.29, 1.82) is 0 Å². The van der Waals surface area contributed by atoms with Gasteiger partial charge in [-0.3, -0.25) is 4.79 Å². The average molecular weight is 484 g/mol. The Kier molecular flexibility index (Phi) is 5.80. The highest BCUT2D eigenvalue weighted by Crippen LogP contribution is 2.31. The van der Waals surface area contributed by atoms with Crippen LogP contribution in [-0.4, -0.2) is 35.8 Å². The summed E-state index contributed by atoms with van der Waals surface area (Å²) in [5.74, 6) is -0.488. The van der Waals surface area contributed by atoms with Gasteiger partial charge in [-0.25, -0.2) is 8.42 Å².